The molecular weight excluding hydrogens is 196 g/mol. The van der Waals surface area contributed by atoms with Gasteiger partial charge in [0.1, 0.15) is 0 Å². The van der Waals surface area contributed by atoms with E-state index in [9.17, 15) is 0 Å². The van der Waals surface area contributed by atoms with Gasteiger partial charge in [-0.1, -0.05) is 57.2 Å². The molecule has 0 N–H and O–H groups in total. The van der Waals surface area contributed by atoms with Crippen molar-refractivity contribution < 1.29 is 0 Å². The van der Waals surface area contributed by atoms with E-state index in [2.05, 4.69) is 31.0 Å². The molecule has 0 aliphatic rings. The van der Waals surface area contributed by atoms with E-state index in [4.69, 9.17) is 0 Å². The fourth-order valence-electron chi connectivity index (χ4n) is 1.74. The Morgan fingerprint density at radius 1 is 0.733 bits per heavy atom. The quantitative estimate of drug-likeness (QED) is 0.484. The van der Waals surface area contributed by atoms with Crippen LogP contribution in [0.5, 0.6) is 0 Å². The first kappa shape index (κ1) is 15.0. The summed E-state index contributed by atoms with van der Waals surface area (Å²) in [4.78, 5) is 0. The lowest BCUT2D eigenvalue weighted by molar-refractivity contribution is 0.698. The predicted molar refractivity (Wildman–Crippen MR) is 71.4 cm³/mol. The molecule has 15 heavy (non-hydrogen) atoms. The molecule has 3 radical (unpaired) electrons. The highest BCUT2D eigenvalue weighted by atomic mass is 28.1. The zero-order chi connectivity index (χ0) is 11.5. The van der Waals surface area contributed by atoms with Crippen molar-refractivity contribution in [2.45, 2.75) is 78.6 Å². The van der Waals surface area contributed by atoms with Gasteiger partial charge in [-0.05, 0) is 32.1 Å². The number of unbranched alkanes of at least 4 members (excludes halogenated alkanes) is 3. The van der Waals surface area contributed by atoms with Crippen molar-refractivity contribution >= 4 is 10.2 Å². The van der Waals surface area contributed by atoms with Gasteiger partial charge in [0, 0.05) is 0 Å². The average Bonchev–Trinajstić information content (AvgIpc) is 2.26. The molecule has 0 heterocycles. The Hall–Kier alpha value is -0.0431. The van der Waals surface area contributed by atoms with Gasteiger partial charge in [0.05, 0.1) is 10.2 Å². The molecule has 0 spiro atoms. The molecule has 0 nitrogen and oxygen atoms in total. The van der Waals surface area contributed by atoms with E-state index in [1.165, 1.54) is 63.0 Å². The van der Waals surface area contributed by atoms with Crippen LogP contribution in [-0.2, 0) is 0 Å². The molecule has 0 atom stereocenters. The number of hydrogen-bond acceptors (Lipinski definition) is 0. The summed E-state index contributed by atoms with van der Waals surface area (Å²) >= 11 is 0. The second-order valence-corrected chi connectivity index (χ2v) is 5.00. The Labute approximate surface area is 100.0 Å². The summed E-state index contributed by atoms with van der Waals surface area (Å²) in [6.07, 6.45) is 11.8. The first-order valence-corrected chi connectivity index (χ1v) is 7.18. The molecule has 0 saturated heterocycles. The third kappa shape index (κ3) is 7.84. The molecule has 0 amide bonds. The van der Waals surface area contributed by atoms with Crippen LogP contribution in [0.1, 0.15) is 78.6 Å². The molecule has 0 rings (SSSR count). The summed E-state index contributed by atoms with van der Waals surface area (Å²) < 4.78 is 0. The highest BCUT2D eigenvalue weighted by molar-refractivity contribution is 6.22. The van der Waals surface area contributed by atoms with Crippen molar-refractivity contribution in [2.75, 3.05) is 0 Å². The maximum atomic E-state index is 3.84. The van der Waals surface area contributed by atoms with Crippen molar-refractivity contribution in [3.63, 3.8) is 0 Å². The largest absolute Gasteiger partial charge is 0.0892 e. The molecule has 1 heteroatoms. The van der Waals surface area contributed by atoms with E-state index in [-0.39, 0.29) is 0 Å². The molecule has 0 bridgehead atoms. The van der Waals surface area contributed by atoms with Crippen LogP contribution in [0.3, 0.4) is 0 Å². The van der Waals surface area contributed by atoms with Gasteiger partial charge in [0.25, 0.3) is 0 Å². The van der Waals surface area contributed by atoms with Crippen LogP contribution in [0.2, 0.25) is 0 Å². The van der Waals surface area contributed by atoms with Gasteiger partial charge in [0.2, 0.25) is 0 Å². The highest BCUT2D eigenvalue weighted by Gasteiger charge is 2.02. The normalized spacial score (nSPS) is 10.4. The standard InChI is InChI=1S/C14H27Si/c1-4-7-10-13(11-8-5-2)14(15)12-9-6-3/h4-12H2,1-3H3. The Morgan fingerprint density at radius 3 is 1.53 bits per heavy atom. The van der Waals surface area contributed by atoms with Crippen molar-refractivity contribution in [1.82, 2.24) is 0 Å². The van der Waals surface area contributed by atoms with E-state index in [0.717, 1.165) is 0 Å². The first-order valence-electron chi connectivity index (χ1n) is 6.68. The fraction of sp³-hybridized carbons (Fsp3) is 0.857. The number of allylic oxidation sites excluding steroid dienone is 2. The predicted octanol–water partition coefficient (Wildman–Crippen LogP) is 4.98. The van der Waals surface area contributed by atoms with Gasteiger partial charge in [-0.25, -0.2) is 0 Å². The van der Waals surface area contributed by atoms with E-state index in [1.54, 1.807) is 5.57 Å². The molecule has 0 aliphatic carbocycles. The number of hydrogen-bond donors (Lipinski definition) is 0. The minimum absolute atomic E-state index is 1.25. The molecule has 0 aromatic heterocycles. The highest BCUT2D eigenvalue weighted by Crippen LogP contribution is 2.20. The van der Waals surface area contributed by atoms with Crippen molar-refractivity contribution in [3.05, 3.63) is 10.8 Å². The van der Waals surface area contributed by atoms with Crippen LogP contribution in [0.15, 0.2) is 10.8 Å². The van der Waals surface area contributed by atoms with Crippen LogP contribution >= 0.6 is 0 Å². The van der Waals surface area contributed by atoms with Crippen molar-refractivity contribution in [3.8, 4) is 0 Å². The zero-order valence-corrected chi connectivity index (χ0v) is 11.9. The fourth-order valence-corrected chi connectivity index (χ4v) is 2.16. The Kier molecular flexibility index (Phi) is 10.4. The maximum Gasteiger partial charge on any atom is 0.0649 e. The van der Waals surface area contributed by atoms with Crippen molar-refractivity contribution in [2.24, 2.45) is 0 Å². The minimum atomic E-state index is 1.25. The average molecular weight is 223 g/mol. The van der Waals surface area contributed by atoms with Crippen LogP contribution in [0, 0.1) is 0 Å². The van der Waals surface area contributed by atoms with Gasteiger partial charge < -0.3 is 0 Å². The zero-order valence-electron chi connectivity index (χ0n) is 10.9. The Bertz CT molecular complexity index is 160. The number of rotatable bonds is 9. The van der Waals surface area contributed by atoms with E-state index >= 15 is 0 Å². The summed E-state index contributed by atoms with van der Waals surface area (Å²) in [6, 6.07) is 0. The molecule has 0 saturated carbocycles. The van der Waals surface area contributed by atoms with Crippen molar-refractivity contribution in [1.29, 1.82) is 0 Å². The third-order valence-electron chi connectivity index (χ3n) is 2.87. The van der Waals surface area contributed by atoms with Crippen LogP contribution in [0.4, 0.5) is 0 Å². The van der Waals surface area contributed by atoms with E-state index in [0.29, 0.717) is 0 Å². The topological polar surface area (TPSA) is 0 Å². The van der Waals surface area contributed by atoms with Crippen LogP contribution in [-0.4, -0.2) is 10.2 Å². The molecule has 0 aliphatic heterocycles. The van der Waals surface area contributed by atoms with Gasteiger partial charge in [-0.2, -0.15) is 0 Å². The van der Waals surface area contributed by atoms with Gasteiger partial charge in [-0.3, -0.25) is 0 Å². The second kappa shape index (κ2) is 10.5. The first-order chi connectivity index (χ1) is 7.26. The lowest BCUT2D eigenvalue weighted by Gasteiger charge is -2.11. The smallest absolute Gasteiger partial charge is 0.0649 e. The SMILES string of the molecule is CCCCC([Si])=C(CCCC)CCCC. The van der Waals surface area contributed by atoms with Crippen LogP contribution < -0.4 is 0 Å². The second-order valence-electron chi connectivity index (χ2n) is 4.39. The third-order valence-corrected chi connectivity index (χ3v) is 3.47. The van der Waals surface area contributed by atoms with Crippen LogP contribution in [0.25, 0.3) is 0 Å². The Balaban J connectivity index is 4.14. The molecule has 0 aromatic carbocycles. The summed E-state index contributed by atoms with van der Waals surface area (Å²) in [6.45, 7) is 6.81. The lowest BCUT2D eigenvalue weighted by Crippen LogP contribution is -1.94. The minimum Gasteiger partial charge on any atom is -0.0892 e. The van der Waals surface area contributed by atoms with Gasteiger partial charge in [-0.15, -0.1) is 0 Å². The molecular formula is C14H27Si. The molecule has 0 fully saturated rings. The van der Waals surface area contributed by atoms with Gasteiger partial charge >= 0.3 is 0 Å². The summed E-state index contributed by atoms with van der Waals surface area (Å²) in [5.74, 6) is 0. The lowest BCUT2D eigenvalue weighted by atomic mass is 10.0. The van der Waals surface area contributed by atoms with E-state index < -0.39 is 0 Å². The van der Waals surface area contributed by atoms with Gasteiger partial charge in [0.15, 0.2) is 0 Å². The van der Waals surface area contributed by atoms with E-state index in [1.807, 2.05) is 0 Å². The molecule has 0 aromatic rings. The molecule has 87 valence electrons. The summed E-state index contributed by atoms with van der Waals surface area (Å²) in [5.41, 5.74) is 1.68. The Morgan fingerprint density at radius 2 is 1.13 bits per heavy atom. The molecule has 0 unspecified atom stereocenters. The summed E-state index contributed by atoms with van der Waals surface area (Å²) in [7, 11) is 3.84. The maximum absolute atomic E-state index is 3.84. The summed E-state index contributed by atoms with van der Waals surface area (Å²) in [5, 5.41) is 1.50. The monoisotopic (exact) mass is 223 g/mol.